The first-order chi connectivity index (χ1) is 13.2. The van der Waals surface area contributed by atoms with E-state index in [-0.39, 0.29) is 5.75 Å². The van der Waals surface area contributed by atoms with Crippen LogP contribution in [-0.2, 0) is 6.54 Å². The van der Waals surface area contributed by atoms with Crippen LogP contribution in [0.25, 0.3) is 22.5 Å². The molecule has 0 saturated heterocycles. The number of benzene rings is 3. The van der Waals surface area contributed by atoms with E-state index in [2.05, 4.69) is 4.98 Å². The van der Waals surface area contributed by atoms with E-state index in [1.54, 1.807) is 18.5 Å². The van der Waals surface area contributed by atoms with Crippen molar-refractivity contribution in [1.29, 1.82) is 0 Å². The molecular formula is C23H20N2O2. The summed E-state index contributed by atoms with van der Waals surface area (Å²) in [6, 6.07) is 26.6. The standard InChI is InChI=1S/C23H20N2O2/c26-20-13-7-12-19(14-20)23-22(18-10-5-2-6-11-18)24-16-25(23)15-21(27)17-8-3-1-4-9-17/h1-14,16,21,26-27H,15H2/t21-/m0/s1. The fourth-order valence-electron chi connectivity index (χ4n) is 3.25. The van der Waals surface area contributed by atoms with Gasteiger partial charge in [-0.25, -0.2) is 4.98 Å². The van der Waals surface area contributed by atoms with E-state index in [1.807, 2.05) is 77.4 Å². The van der Waals surface area contributed by atoms with Gasteiger partial charge in [0, 0.05) is 11.1 Å². The number of rotatable bonds is 5. The van der Waals surface area contributed by atoms with E-state index in [4.69, 9.17) is 0 Å². The molecule has 3 aromatic carbocycles. The lowest BCUT2D eigenvalue weighted by atomic mass is 10.0. The van der Waals surface area contributed by atoms with Gasteiger partial charge in [-0.2, -0.15) is 0 Å². The highest BCUT2D eigenvalue weighted by Crippen LogP contribution is 2.33. The summed E-state index contributed by atoms with van der Waals surface area (Å²) < 4.78 is 1.94. The van der Waals surface area contributed by atoms with Crippen LogP contribution in [0.2, 0.25) is 0 Å². The largest absolute Gasteiger partial charge is 0.508 e. The normalized spacial score (nSPS) is 12.0. The summed E-state index contributed by atoms with van der Waals surface area (Å²) in [6.07, 6.45) is 1.09. The smallest absolute Gasteiger partial charge is 0.116 e. The van der Waals surface area contributed by atoms with Crippen LogP contribution in [0.1, 0.15) is 11.7 Å². The van der Waals surface area contributed by atoms with Crippen molar-refractivity contribution in [3.63, 3.8) is 0 Å². The maximum atomic E-state index is 10.7. The first kappa shape index (κ1) is 17.1. The van der Waals surface area contributed by atoms with Gasteiger partial charge in [0.25, 0.3) is 0 Å². The molecule has 0 amide bonds. The third-order valence-corrected chi connectivity index (χ3v) is 4.56. The van der Waals surface area contributed by atoms with Gasteiger partial charge >= 0.3 is 0 Å². The van der Waals surface area contributed by atoms with Crippen molar-refractivity contribution in [2.75, 3.05) is 0 Å². The minimum absolute atomic E-state index is 0.197. The Kier molecular flexibility index (Phi) is 4.73. The Labute approximate surface area is 158 Å². The first-order valence-corrected chi connectivity index (χ1v) is 8.85. The van der Waals surface area contributed by atoms with E-state index < -0.39 is 6.10 Å². The van der Waals surface area contributed by atoms with Crippen molar-refractivity contribution in [2.45, 2.75) is 12.6 Å². The molecule has 4 aromatic rings. The number of nitrogens with zero attached hydrogens (tertiary/aromatic N) is 2. The zero-order valence-corrected chi connectivity index (χ0v) is 14.7. The number of aromatic hydroxyl groups is 1. The Balaban J connectivity index is 1.79. The summed E-state index contributed by atoms with van der Waals surface area (Å²) in [4.78, 5) is 4.61. The number of aromatic nitrogens is 2. The van der Waals surface area contributed by atoms with Crippen molar-refractivity contribution in [3.8, 4) is 28.3 Å². The zero-order valence-electron chi connectivity index (χ0n) is 14.7. The van der Waals surface area contributed by atoms with Crippen molar-refractivity contribution >= 4 is 0 Å². The second kappa shape index (κ2) is 7.48. The maximum absolute atomic E-state index is 10.7. The predicted octanol–water partition coefficient (Wildman–Crippen LogP) is 4.66. The molecule has 1 atom stereocenters. The fourth-order valence-corrected chi connectivity index (χ4v) is 3.25. The summed E-state index contributed by atoms with van der Waals surface area (Å²) in [6.45, 7) is 0.370. The van der Waals surface area contributed by atoms with E-state index in [0.717, 1.165) is 28.1 Å². The molecule has 4 rings (SSSR count). The minimum atomic E-state index is -0.653. The lowest BCUT2D eigenvalue weighted by Crippen LogP contribution is -2.09. The van der Waals surface area contributed by atoms with E-state index in [0.29, 0.717) is 6.54 Å². The topological polar surface area (TPSA) is 58.3 Å². The van der Waals surface area contributed by atoms with E-state index in [9.17, 15) is 10.2 Å². The Hall–Kier alpha value is -3.37. The number of phenols is 1. The highest BCUT2D eigenvalue weighted by molar-refractivity contribution is 5.79. The summed E-state index contributed by atoms with van der Waals surface area (Å²) in [5.74, 6) is 0.197. The van der Waals surface area contributed by atoms with E-state index in [1.165, 1.54) is 0 Å². The molecule has 4 heteroatoms. The number of hydrogen-bond acceptors (Lipinski definition) is 3. The summed E-state index contributed by atoms with van der Waals surface area (Å²) in [5, 5.41) is 20.6. The van der Waals surface area contributed by atoms with Crippen LogP contribution in [0, 0.1) is 0 Å². The molecule has 0 bridgehead atoms. The SMILES string of the molecule is Oc1cccc(-c2c(-c3ccccc3)ncn2C[C@H](O)c2ccccc2)c1. The number of aliphatic hydroxyl groups excluding tert-OH is 1. The van der Waals surface area contributed by atoms with Gasteiger partial charge in [0.2, 0.25) is 0 Å². The summed E-state index contributed by atoms with van der Waals surface area (Å²) in [5.41, 5.74) is 4.39. The summed E-state index contributed by atoms with van der Waals surface area (Å²) in [7, 11) is 0. The van der Waals surface area contributed by atoms with Crippen molar-refractivity contribution in [3.05, 3.63) is 96.8 Å². The third-order valence-electron chi connectivity index (χ3n) is 4.56. The van der Waals surface area contributed by atoms with Crippen molar-refractivity contribution < 1.29 is 10.2 Å². The highest BCUT2D eigenvalue weighted by atomic mass is 16.3. The van der Waals surface area contributed by atoms with Crippen LogP contribution >= 0.6 is 0 Å². The van der Waals surface area contributed by atoms with Crippen LogP contribution < -0.4 is 0 Å². The van der Waals surface area contributed by atoms with Crippen LogP contribution in [0.15, 0.2) is 91.3 Å². The molecule has 1 aromatic heterocycles. The zero-order chi connectivity index (χ0) is 18.6. The average molecular weight is 356 g/mol. The maximum Gasteiger partial charge on any atom is 0.116 e. The van der Waals surface area contributed by atoms with Gasteiger partial charge in [0.15, 0.2) is 0 Å². The lowest BCUT2D eigenvalue weighted by Gasteiger charge is -2.15. The van der Waals surface area contributed by atoms with Crippen LogP contribution in [0.3, 0.4) is 0 Å². The number of hydrogen-bond donors (Lipinski definition) is 2. The molecule has 4 nitrogen and oxygen atoms in total. The monoisotopic (exact) mass is 356 g/mol. The quantitative estimate of drug-likeness (QED) is 0.547. The molecule has 1 heterocycles. The minimum Gasteiger partial charge on any atom is -0.508 e. The molecule has 0 fully saturated rings. The van der Waals surface area contributed by atoms with Gasteiger partial charge in [0.05, 0.1) is 30.4 Å². The predicted molar refractivity (Wildman–Crippen MR) is 106 cm³/mol. The number of phenolic OH excluding ortho intramolecular Hbond substituents is 1. The van der Waals surface area contributed by atoms with Gasteiger partial charge in [-0.15, -0.1) is 0 Å². The summed E-state index contributed by atoms with van der Waals surface area (Å²) >= 11 is 0. The molecule has 134 valence electrons. The Morgan fingerprint density at radius 1 is 0.815 bits per heavy atom. The number of aliphatic hydroxyl groups is 1. The van der Waals surface area contributed by atoms with Crippen LogP contribution in [-0.4, -0.2) is 19.8 Å². The number of imidazole rings is 1. The molecule has 0 saturated carbocycles. The van der Waals surface area contributed by atoms with Gasteiger partial charge in [0.1, 0.15) is 5.75 Å². The molecule has 2 N–H and O–H groups in total. The molecule has 0 aliphatic carbocycles. The molecule has 0 aliphatic rings. The molecule has 0 spiro atoms. The van der Waals surface area contributed by atoms with Crippen LogP contribution in [0.4, 0.5) is 0 Å². The lowest BCUT2D eigenvalue weighted by molar-refractivity contribution is 0.157. The van der Waals surface area contributed by atoms with Crippen molar-refractivity contribution in [1.82, 2.24) is 9.55 Å². The average Bonchev–Trinajstić information content (AvgIpc) is 3.13. The third kappa shape index (κ3) is 3.61. The van der Waals surface area contributed by atoms with E-state index >= 15 is 0 Å². The molecule has 27 heavy (non-hydrogen) atoms. The Morgan fingerprint density at radius 3 is 2.19 bits per heavy atom. The molecule has 0 aliphatic heterocycles. The molecule has 0 unspecified atom stereocenters. The first-order valence-electron chi connectivity index (χ1n) is 8.85. The fraction of sp³-hybridized carbons (Fsp3) is 0.0870. The van der Waals surface area contributed by atoms with Gasteiger partial charge < -0.3 is 14.8 Å². The van der Waals surface area contributed by atoms with Gasteiger partial charge in [-0.3, -0.25) is 0 Å². The Morgan fingerprint density at radius 2 is 1.48 bits per heavy atom. The van der Waals surface area contributed by atoms with Crippen molar-refractivity contribution in [2.24, 2.45) is 0 Å². The second-order valence-corrected chi connectivity index (χ2v) is 6.44. The van der Waals surface area contributed by atoms with Gasteiger partial charge in [-0.1, -0.05) is 72.8 Å². The van der Waals surface area contributed by atoms with Gasteiger partial charge in [-0.05, 0) is 17.7 Å². The van der Waals surface area contributed by atoms with Crippen LogP contribution in [0.5, 0.6) is 5.75 Å². The second-order valence-electron chi connectivity index (χ2n) is 6.44. The molecule has 0 radical (unpaired) electrons. The highest BCUT2D eigenvalue weighted by Gasteiger charge is 2.18. The Bertz CT molecular complexity index is 1030. The molecular weight excluding hydrogens is 336 g/mol.